The lowest BCUT2D eigenvalue weighted by molar-refractivity contribution is -0.137. The first-order valence-electron chi connectivity index (χ1n) is 11.5. The minimum absolute atomic E-state index is 0.304. The Labute approximate surface area is 187 Å². The molecule has 0 saturated heterocycles. The predicted octanol–water partition coefficient (Wildman–Crippen LogP) is 6.19. The Morgan fingerprint density at radius 2 is 0.903 bits per heavy atom. The molecule has 0 unspecified atom stereocenters. The first-order valence-corrected chi connectivity index (χ1v) is 13.5. The lowest BCUT2D eigenvalue weighted by Crippen LogP contribution is -2.33. The highest BCUT2D eigenvalue weighted by Gasteiger charge is 2.44. The SMILES string of the molecule is O=C(O)CCCCCCCCC[P+](c1ccccc1)(c1ccccc1)c1ccccc1. The van der Waals surface area contributed by atoms with Gasteiger partial charge in [-0.15, -0.1) is 0 Å². The van der Waals surface area contributed by atoms with Crippen molar-refractivity contribution in [3.63, 3.8) is 0 Å². The van der Waals surface area contributed by atoms with Crippen LogP contribution in [0, 0.1) is 0 Å². The summed E-state index contributed by atoms with van der Waals surface area (Å²) in [6, 6.07) is 33.3. The van der Waals surface area contributed by atoms with Gasteiger partial charge >= 0.3 is 5.97 Å². The third-order valence-electron chi connectivity index (χ3n) is 5.98. The molecule has 0 spiro atoms. The molecular formula is C28H34O2P+. The number of hydrogen-bond donors (Lipinski definition) is 1. The maximum absolute atomic E-state index is 10.6. The second-order valence-corrected chi connectivity index (χ2v) is 11.8. The van der Waals surface area contributed by atoms with Gasteiger partial charge in [-0.3, -0.25) is 4.79 Å². The highest BCUT2D eigenvalue weighted by Crippen LogP contribution is 2.55. The molecule has 0 fully saturated rings. The third kappa shape index (κ3) is 6.52. The van der Waals surface area contributed by atoms with E-state index in [9.17, 15) is 4.79 Å². The Morgan fingerprint density at radius 3 is 1.29 bits per heavy atom. The summed E-state index contributed by atoms with van der Waals surface area (Å²) < 4.78 is 0. The van der Waals surface area contributed by atoms with Gasteiger partial charge in [-0.25, -0.2) is 0 Å². The summed E-state index contributed by atoms with van der Waals surface area (Å²) in [7, 11) is -1.70. The molecule has 1 N–H and O–H groups in total. The maximum atomic E-state index is 10.6. The lowest BCUT2D eigenvalue weighted by atomic mass is 10.1. The molecule has 3 rings (SSSR count). The quantitative estimate of drug-likeness (QED) is 0.258. The highest BCUT2D eigenvalue weighted by atomic mass is 31.2. The molecule has 31 heavy (non-hydrogen) atoms. The Balaban J connectivity index is 1.72. The number of carbonyl (C=O) groups is 1. The van der Waals surface area contributed by atoms with Crippen LogP contribution in [0.5, 0.6) is 0 Å². The molecular weight excluding hydrogens is 399 g/mol. The number of carboxylic acids is 1. The molecule has 162 valence electrons. The van der Waals surface area contributed by atoms with Crippen molar-refractivity contribution in [3.8, 4) is 0 Å². The average molecular weight is 434 g/mol. The first-order chi connectivity index (χ1) is 15.2. The molecule has 0 radical (unpaired) electrons. The highest BCUT2D eigenvalue weighted by molar-refractivity contribution is 7.95. The maximum Gasteiger partial charge on any atom is 0.303 e. The standard InChI is InChI=1S/C28H33O2P/c29-28(30)23-15-4-2-1-3-5-16-24-31(25-17-9-6-10-18-25,26-19-11-7-12-20-26)27-21-13-8-14-22-27/h6-14,17-22H,1-5,15-16,23-24H2/p+1. The fraction of sp³-hybridized carbons (Fsp3) is 0.321. The minimum atomic E-state index is -1.70. The summed E-state index contributed by atoms with van der Waals surface area (Å²) in [4.78, 5) is 10.6. The van der Waals surface area contributed by atoms with Gasteiger partial charge in [0.1, 0.15) is 23.2 Å². The summed E-state index contributed by atoms with van der Waals surface area (Å²) in [5.41, 5.74) is 0. The zero-order chi connectivity index (χ0) is 21.8. The first kappa shape index (κ1) is 23.2. The van der Waals surface area contributed by atoms with E-state index in [0.717, 1.165) is 19.3 Å². The van der Waals surface area contributed by atoms with Crippen molar-refractivity contribution in [2.75, 3.05) is 6.16 Å². The Bertz CT molecular complexity index is 797. The number of benzene rings is 3. The molecule has 0 aromatic heterocycles. The van der Waals surface area contributed by atoms with Gasteiger partial charge in [0.2, 0.25) is 0 Å². The van der Waals surface area contributed by atoms with Crippen LogP contribution in [-0.4, -0.2) is 17.2 Å². The fourth-order valence-electron chi connectivity index (χ4n) is 4.39. The topological polar surface area (TPSA) is 37.3 Å². The summed E-state index contributed by atoms with van der Waals surface area (Å²) in [5, 5.41) is 13.1. The molecule has 0 aliphatic rings. The van der Waals surface area contributed by atoms with E-state index < -0.39 is 13.2 Å². The van der Waals surface area contributed by atoms with Crippen molar-refractivity contribution in [3.05, 3.63) is 91.0 Å². The van der Waals surface area contributed by atoms with E-state index in [1.807, 2.05) is 0 Å². The fourth-order valence-corrected chi connectivity index (χ4v) is 8.80. The van der Waals surface area contributed by atoms with Gasteiger partial charge < -0.3 is 5.11 Å². The van der Waals surface area contributed by atoms with Gasteiger partial charge in [-0.2, -0.15) is 0 Å². The van der Waals surface area contributed by atoms with E-state index in [2.05, 4.69) is 91.0 Å². The van der Waals surface area contributed by atoms with Crippen molar-refractivity contribution in [1.82, 2.24) is 0 Å². The number of aliphatic carboxylic acids is 1. The molecule has 3 aromatic rings. The van der Waals surface area contributed by atoms with Crippen LogP contribution in [0.15, 0.2) is 91.0 Å². The van der Waals surface area contributed by atoms with Crippen molar-refractivity contribution >= 4 is 29.1 Å². The number of rotatable bonds is 13. The molecule has 0 aliphatic heterocycles. The van der Waals surface area contributed by atoms with E-state index in [1.54, 1.807) is 0 Å². The molecule has 0 atom stereocenters. The molecule has 0 bridgehead atoms. The summed E-state index contributed by atoms with van der Waals surface area (Å²) in [5.74, 6) is -0.678. The zero-order valence-electron chi connectivity index (χ0n) is 18.3. The normalized spacial score (nSPS) is 11.4. The molecule has 0 saturated carbocycles. The van der Waals surface area contributed by atoms with Gasteiger partial charge in [0.05, 0.1) is 6.16 Å². The second-order valence-electron chi connectivity index (χ2n) is 8.16. The summed E-state index contributed by atoms with van der Waals surface area (Å²) >= 11 is 0. The third-order valence-corrected chi connectivity index (χ3v) is 10.5. The van der Waals surface area contributed by atoms with Crippen molar-refractivity contribution in [2.45, 2.75) is 51.4 Å². The van der Waals surface area contributed by atoms with E-state index in [0.29, 0.717) is 6.42 Å². The average Bonchev–Trinajstić information content (AvgIpc) is 2.82. The molecule has 3 aromatic carbocycles. The number of hydrogen-bond acceptors (Lipinski definition) is 1. The lowest BCUT2D eigenvalue weighted by Gasteiger charge is -2.27. The Hall–Kier alpha value is -2.44. The van der Waals surface area contributed by atoms with Crippen LogP contribution < -0.4 is 15.9 Å². The van der Waals surface area contributed by atoms with Crippen molar-refractivity contribution < 1.29 is 9.90 Å². The molecule has 0 aliphatic carbocycles. The van der Waals surface area contributed by atoms with Crippen LogP contribution in [-0.2, 0) is 4.79 Å². The Morgan fingerprint density at radius 1 is 0.548 bits per heavy atom. The molecule has 0 heterocycles. The zero-order valence-corrected chi connectivity index (χ0v) is 19.2. The molecule has 3 heteroatoms. The summed E-state index contributed by atoms with van der Waals surface area (Å²) in [6.07, 6.45) is 9.33. The van der Waals surface area contributed by atoms with Crippen LogP contribution in [0.4, 0.5) is 0 Å². The van der Waals surface area contributed by atoms with Crippen LogP contribution in [0.3, 0.4) is 0 Å². The second kappa shape index (κ2) is 12.4. The van der Waals surface area contributed by atoms with Gasteiger partial charge in [-0.1, -0.05) is 80.3 Å². The summed E-state index contributed by atoms with van der Waals surface area (Å²) in [6.45, 7) is 0. The van der Waals surface area contributed by atoms with Gasteiger partial charge in [-0.05, 0) is 55.7 Å². The van der Waals surface area contributed by atoms with Gasteiger partial charge in [0.15, 0.2) is 0 Å². The Kier molecular flexibility index (Phi) is 9.31. The number of carboxylic acid groups (broad SMARTS) is 1. The molecule has 2 nitrogen and oxygen atoms in total. The van der Waals surface area contributed by atoms with Crippen molar-refractivity contribution in [2.24, 2.45) is 0 Å². The van der Waals surface area contributed by atoms with E-state index >= 15 is 0 Å². The smallest absolute Gasteiger partial charge is 0.303 e. The van der Waals surface area contributed by atoms with Gasteiger partial charge in [0, 0.05) is 6.42 Å². The van der Waals surface area contributed by atoms with E-state index in [1.165, 1.54) is 47.8 Å². The van der Waals surface area contributed by atoms with Crippen LogP contribution in [0.2, 0.25) is 0 Å². The van der Waals surface area contributed by atoms with Crippen LogP contribution in [0.25, 0.3) is 0 Å². The van der Waals surface area contributed by atoms with Crippen LogP contribution >= 0.6 is 7.26 Å². The number of unbranched alkanes of at least 4 members (excludes halogenated alkanes) is 6. The van der Waals surface area contributed by atoms with Crippen LogP contribution in [0.1, 0.15) is 51.4 Å². The van der Waals surface area contributed by atoms with E-state index in [-0.39, 0.29) is 0 Å². The van der Waals surface area contributed by atoms with E-state index in [4.69, 9.17) is 5.11 Å². The molecule has 0 amide bonds. The van der Waals surface area contributed by atoms with Gasteiger partial charge in [0.25, 0.3) is 0 Å². The monoisotopic (exact) mass is 433 g/mol. The van der Waals surface area contributed by atoms with Crippen molar-refractivity contribution in [1.29, 1.82) is 0 Å². The largest absolute Gasteiger partial charge is 0.481 e. The predicted molar refractivity (Wildman–Crippen MR) is 135 cm³/mol. The minimum Gasteiger partial charge on any atom is -0.481 e.